The van der Waals surface area contributed by atoms with Crippen molar-refractivity contribution in [3.63, 3.8) is 0 Å². The van der Waals surface area contributed by atoms with Gasteiger partial charge in [0, 0.05) is 24.7 Å². The zero-order valence-electron chi connectivity index (χ0n) is 16.4. The first-order chi connectivity index (χ1) is 13.6. The third-order valence-corrected chi connectivity index (χ3v) is 5.34. The van der Waals surface area contributed by atoms with Gasteiger partial charge in [-0.1, -0.05) is 37.3 Å². The number of anilines is 2. The van der Waals surface area contributed by atoms with Crippen LogP contribution < -0.4 is 15.4 Å². The van der Waals surface area contributed by atoms with Crippen LogP contribution in [-0.2, 0) is 4.79 Å². The molecule has 2 N–H and O–H groups in total. The highest BCUT2D eigenvalue weighted by Crippen LogP contribution is 2.28. The molecule has 2 aromatic carbocycles. The molecule has 0 saturated carbocycles. The number of carbonyl (C=O) groups is 2. The van der Waals surface area contributed by atoms with E-state index in [0.717, 1.165) is 18.5 Å². The summed E-state index contributed by atoms with van der Waals surface area (Å²) in [6.45, 7) is 3.25. The van der Waals surface area contributed by atoms with Gasteiger partial charge in [-0.25, -0.2) is 4.79 Å². The van der Waals surface area contributed by atoms with Crippen molar-refractivity contribution in [3.05, 3.63) is 54.6 Å². The number of likely N-dealkylation sites (tertiary alicyclic amines) is 1. The average Bonchev–Trinajstić information content (AvgIpc) is 2.74. The molecule has 3 amide bonds. The number of methoxy groups -OCH3 is 1. The molecular formula is C22H27N3O3. The first-order valence-electron chi connectivity index (χ1n) is 9.63. The van der Waals surface area contributed by atoms with Crippen LogP contribution in [0.25, 0.3) is 0 Å². The second-order valence-corrected chi connectivity index (χ2v) is 7.10. The first-order valence-corrected chi connectivity index (χ1v) is 9.63. The van der Waals surface area contributed by atoms with Crippen molar-refractivity contribution in [2.24, 2.45) is 11.8 Å². The summed E-state index contributed by atoms with van der Waals surface area (Å²) < 4.78 is 5.29. The SMILES string of the molecule is COc1ccccc1NC(=O)[C@H](C)C1CCN(C(=O)Nc2ccccc2)CC1. The maximum absolute atomic E-state index is 12.7. The van der Waals surface area contributed by atoms with E-state index >= 15 is 0 Å². The van der Waals surface area contributed by atoms with Crippen molar-refractivity contribution >= 4 is 23.3 Å². The quantitative estimate of drug-likeness (QED) is 0.815. The van der Waals surface area contributed by atoms with E-state index in [4.69, 9.17) is 4.74 Å². The number of amides is 3. The number of urea groups is 1. The molecule has 0 radical (unpaired) electrons. The molecule has 1 heterocycles. The number of piperidine rings is 1. The first kappa shape index (κ1) is 19.7. The van der Waals surface area contributed by atoms with E-state index in [2.05, 4.69) is 10.6 Å². The second-order valence-electron chi connectivity index (χ2n) is 7.10. The molecule has 0 unspecified atom stereocenters. The van der Waals surface area contributed by atoms with Crippen LogP contribution in [0.15, 0.2) is 54.6 Å². The van der Waals surface area contributed by atoms with Gasteiger partial charge in [0.05, 0.1) is 12.8 Å². The number of hydrogen-bond donors (Lipinski definition) is 2. The maximum atomic E-state index is 12.7. The molecule has 28 heavy (non-hydrogen) atoms. The Hall–Kier alpha value is -3.02. The van der Waals surface area contributed by atoms with E-state index in [-0.39, 0.29) is 23.8 Å². The van der Waals surface area contributed by atoms with Crippen LogP contribution in [0.2, 0.25) is 0 Å². The van der Waals surface area contributed by atoms with E-state index in [1.807, 2.05) is 66.4 Å². The standard InChI is InChI=1S/C22H27N3O3/c1-16(21(26)24-19-10-6-7-11-20(19)28-2)17-12-14-25(15-13-17)22(27)23-18-8-4-3-5-9-18/h3-11,16-17H,12-15H2,1-2H3,(H,23,27)(H,24,26)/t16-/m1/s1. The van der Waals surface area contributed by atoms with Crippen molar-refractivity contribution in [2.45, 2.75) is 19.8 Å². The van der Waals surface area contributed by atoms with Crippen molar-refractivity contribution in [1.82, 2.24) is 4.90 Å². The number of benzene rings is 2. The Labute approximate surface area is 165 Å². The van der Waals surface area contributed by atoms with E-state index in [1.54, 1.807) is 7.11 Å². The summed E-state index contributed by atoms with van der Waals surface area (Å²) in [6, 6.07) is 16.7. The Balaban J connectivity index is 1.51. The van der Waals surface area contributed by atoms with Crippen LogP contribution in [-0.4, -0.2) is 37.0 Å². The predicted octanol–water partition coefficient (Wildman–Crippen LogP) is 4.21. The van der Waals surface area contributed by atoms with Crippen molar-refractivity contribution in [2.75, 3.05) is 30.8 Å². The number of ether oxygens (including phenoxy) is 1. The number of para-hydroxylation sites is 3. The highest BCUT2D eigenvalue weighted by atomic mass is 16.5. The molecule has 6 nitrogen and oxygen atoms in total. The second kappa shape index (κ2) is 9.26. The smallest absolute Gasteiger partial charge is 0.321 e. The maximum Gasteiger partial charge on any atom is 0.321 e. The molecule has 148 valence electrons. The molecule has 0 aliphatic carbocycles. The van der Waals surface area contributed by atoms with Gasteiger partial charge in [0.15, 0.2) is 0 Å². The van der Waals surface area contributed by atoms with Gasteiger partial charge >= 0.3 is 6.03 Å². The molecule has 1 fully saturated rings. The fraction of sp³-hybridized carbons (Fsp3) is 0.364. The summed E-state index contributed by atoms with van der Waals surface area (Å²) in [4.78, 5) is 26.9. The van der Waals surface area contributed by atoms with Gasteiger partial charge in [0.25, 0.3) is 0 Å². The number of carbonyl (C=O) groups excluding carboxylic acids is 2. The molecule has 0 bridgehead atoms. The molecule has 6 heteroatoms. The van der Waals surface area contributed by atoms with Gasteiger partial charge in [0.2, 0.25) is 5.91 Å². The van der Waals surface area contributed by atoms with Gasteiger partial charge < -0.3 is 20.3 Å². The molecule has 0 spiro atoms. The third-order valence-electron chi connectivity index (χ3n) is 5.34. The van der Waals surface area contributed by atoms with Gasteiger partial charge in [0.1, 0.15) is 5.75 Å². The van der Waals surface area contributed by atoms with Gasteiger partial charge in [-0.05, 0) is 43.0 Å². The van der Waals surface area contributed by atoms with Crippen LogP contribution in [0.1, 0.15) is 19.8 Å². The van der Waals surface area contributed by atoms with Gasteiger partial charge in [-0.3, -0.25) is 4.79 Å². The highest BCUT2D eigenvalue weighted by Gasteiger charge is 2.30. The Bertz CT molecular complexity index is 802. The summed E-state index contributed by atoms with van der Waals surface area (Å²) in [5.41, 5.74) is 1.47. The summed E-state index contributed by atoms with van der Waals surface area (Å²) in [5.74, 6) is 0.742. The predicted molar refractivity (Wildman–Crippen MR) is 111 cm³/mol. The normalized spacial score (nSPS) is 15.6. The third kappa shape index (κ3) is 4.82. The van der Waals surface area contributed by atoms with Gasteiger partial charge in [-0.2, -0.15) is 0 Å². The van der Waals surface area contributed by atoms with Crippen LogP contribution in [0, 0.1) is 11.8 Å². The fourth-order valence-corrected chi connectivity index (χ4v) is 3.54. The van der Waals surface area contributed by atoms with Crippen LogP contribution >= 0.6 is 0 Å². The van der Waals surface area contributed by atoms with Gasteiger partial charge in [-0.15, -0.1) is 0 Å². The lowest BCUT2D eigenvalue weighted by Crippen LogP contribution is -2.43. The lowest BCUT2D eigenvalue weighted by atomic mass is 9.85. The van der Waals surface area contributed by atoms with E-state index in [0.29, 0.717) is 24.5 Å². The van der Waals surface area contributed by atoms with Crippen molar-refractivity contribution in [3.8, 4) is 5.75 Å². The van der Waals surface area contributed by atoms with E-state index in [9.17, 15) is 9.59 Å². The number of nitrogens with one attached hydrogen (secondary N) is 2. The molecule has 1 aliphatic heterocycles. The van der Waals surface area contributed by atoms with Crippen LogP contribution in [0.3, 0.4) is 0 Å². The molecule has 2 aromatic rings. The van der Waals surface area contributed by atoms with Crippen molar-refractivity contribution < 1.29 is 14.3 Å². The summed E-state index contributed by atoms with van der Waals surface area (Å²) >= 11 is 0. The minimum absolute atomic E-state index is 0.0170. The van der Waals surface area contributed by atoms with E-state index in [1.165, 1.54) is 0 Å². The zero-order chi connectivity index (χ0) is 19.9. The van der Waals surface area contributed by atoms with E-state index < -0.39 is 0 Å². The number of hydrogen-bond acceptors (Lipinski definition) is 3. The Morgan fingerprint density at radius 2 is 1.64 bits per heavy atom. The molecule has 1 atom stereocenters. The number of nitrogens with zero attached hydrogens (tertiary/aromatic N) is 1. The molecular weight excluding hydrogens is 354 g/mol. The Morgan fingerprint density at radius 3 is 2.32 bits per heavy atom. The zero-order valence-corrected chi connectivity index (χ0v) is 16.4. The average molecular weight is 381 g/mol. The summed E-state index contributed by atoms with van der Waals surface area (Å²) in [6.07, 6.45) is 1.62. The Morgan fingerprint density at radius 1 is 1.00 bits per heavy atom. The minimum atomic E-state index is -0.135. The molecule has 1 aliphatic rings. The van der Waals surface area contributed by atoms with Crippen molar-refractivity contribution in [1.29, 1.82) is 0 Å². The molecule has 3 rings (SSSR count). The summed E-state index contributed by atoms with van der Waals surface area (Å²) in [7, 11) is 1.59. The topological polar surface area (TPSA) is 70.7 Å². The fourth-order valence-electron chi connectivity index (χ4n) is 3.54. The minimum Gasteiger partial charge on any atom is -0.495 e. The number of rotatable bonds is 5. The monoisotopic (exact) mass is 381 g/mol. The highest BCUT2D eigenvalue weighted by molar-refractivity contribution is 5.94. The Kier molecular flexibility index (Phi) is 6.53. The van der Waals surface area contributed by atoms with Crippen LogP contribution in [0.5, 0.6) is 5.75 Å². The largest absolute Gasteiger partial charge is 0.495 e. The lowest BCUT2D eigenvalue weighted by molar-refractivity contribution is -0.121. The lowest BCUT2D eigenvalue weighted by Gasteiger charge is -2.34. The molecule has 1 saturated heterocycles. The van der Waals surface area contributed by atoms with Crippen LogP contribution in [0.4, 0.5) is 16.2 Å². The molecule has 0 aromatic heterocycles. The summed E-state index contributed by atoms with van der Waals surface area (Å²) in [5, 5.41) is 5.89.